The van der Waals surface area contributed by atoms with E-state index in [0.29, 0.717) is 5.92 Å². The molecule has 1 aromatic heterocycles. The summed E-state index contributed by atoms with van der Waals surface area (Å²) in [7, 11) is 0. The maximum absolute atomic E-state index is 12.4. The lowest BCUT2D eigenvalue weighted by atomic mass is 9.92. The third-order valence-electron chi connectivity index (χ3n) is 5.93. The number of benzene rings is 1. The molecule has 0 aliphatic carbocycles. The summed E-state index contributed by atoms with van der Waals surface area (Å²) in [4.78, 5) is 17.3. The van der Waals surface area contributed by atoms with Crippen molar-refractivity contribution in [3.63, 3.8) is 0 Å². The quantitative estimate of drug-likeness (QED) is 0.744. The van der Waals surface area contributed by atoms with E-state index in [0.717, 1.165) is 54.4 Å². The van der Waals surface area contributed by atoms with Gasteiger partial charge in [-0.1, -0.05) is 29.8 Å². The van der Waals surface area contributed by atoms with Crippen molar-refractivity contribution >= 4 is 17.2 Å². The Morgan fingerprint density at radius 2 is 1.96 bits per heavy atom. The first kappa shape index (κ1) is 17.8. The van der Waals surface area contributed by atoms with Crippen molar-refractivity contribution < 1.29 is 4.79 Å². The zero-order valence-electron chi connectivity index (χ0n) is 15.9. The van der Waals surface area contributed by atoms with Gasteiger partial charge in [-0.3, -0.25) is 9.80 Å². The molecule has 146 valence electrons. The van der Waals surface area contributed by atoms with E-state index in [9.17, 15) is 4.79 Å². The molecule has 1 aromatic carbocycles. The highest BCUT2D eigenvalue weighted by Gasteiger charge is 2.43. The van der Waals surface area contributed by atoms with E-state index >= 15 is 0 Å². The molecule has 2 saturated heterocycles. The van der Waals surface area contributed by atoms with Crippen LogP contribution in [0.5, 0.6) is 0 Å². The van der Waals surface area contributed by atoms with Gasteiger partial charge in [0, 0.05) is 35.2 Å². The summed E-state index contributed by atoms with van der Waals surface area (Å²) >= 11 is 1.68. The number of nitrogens with zero attached hydrogens (tertiary/aromatic N) is 2. The third kappa shape index (κ3) is 3.23. The Morgan fingerprint density at radius 3 is 2.75 bits per heavy atom. The van der Waals surface area contributed by atoms with Gasteiger partial charge in [-0.2, -0.15) is 0 Å². The predicted octanol–water partition coefficient (Wildman–Crippen LogP) is 2.36. The predicted molar refractivity (Wildman–Crippen MR) is 110 cm³/mol. The van der Waals surface area contributed by atoms with Crippen LogP contribution in [0, 0.1) is 12.8 Å². The van der Waals surface area contributed by atoms with E-state index < -0.39 is 0 Å². The summed E-state index contributed by atoms with van der Waals surface area (Å²) in [6.45, 7) is 4.90. The van der Waals surface area contributed by atoms with Crippen LogP contribution in [-0.2, 0) is 4.79 Å². The number of fused-ring (bicyclic) bond motifs is 1. The molecule has 0 bridgehead atoms. The van der Waals surface area contributed by atoms with Crippen molar-refractivity contribution in [1.29, 1.82) is 0 Å². The lowest BCUT2D eigenvalue weighted by Gasteiger charge is -2.38. The second-order valence-corrected chi connectivity index (χ2v) is 8.71. The zero-order valence-corrected chi connectivity index (χ0v) is 16.8. The molecule has 3 aliphatic rings. The van der Waals surface area contributed by atoms with Crippen molar-refractivity contribution in [3.05, 3.63) is 52.0 Å². The Hall–Kier alpha value is -2.22. The number of aromatic nitrogens is 1. The first-order valence-corrected chi connectivity index (χ1v) is 10.8. The van der Waals surface area contributed by atoms with Crippen LogP contribution in [0.3, 0.4) is 0 Å². The first-order chi connectivity index (χ1) is 13.7. The van der Waals surface area contributed by atoms with Crippen molar-refractivity contribution in [3.8, 4) is 11.3 Å². The fourth-order valence-corrected chi connectivity index (χ4v) is 5.32. The van der Waals surface area contributed by atoms with Crippen LogP contribution in [0.4, 0.5) is 0 Å². The second-order valence-electron chi connectivity index (χ2n) is 7.82. The molecule has 5 rings (SSSR count). The van der Waals surface area contributed by atoms with Crippen LogP contribution in [0.2, 0.25) is 0 Å². The topological polar surface area (TPSA) is 69.3 Å². The molecule has 0 spiro atoms. The average molecular weight is 396 g/mol. The SMILES string of the molecule is Cc1ccc(-c2csc(C3CNN4C(C5CCNCC5)=CC(=O)NC34)n2)cc1. The van der Waals surface area contributed by atoms with Gasteiger partial charge in [0.2, 0.25) is 5.91 Å². The number of amides is 1. The number of nitrogens with one attached hydrogen (secondary N) is 3. The number of piperidine rings is 1. The van der Waals surface area contributed by atoms with Crippen molar-refractivity contribution in [2.75, 3.05) is 19.6 Å². The summed E-state index contributed by atoms with van der Waals surface area (Å²) in [5.74, 6) is 0.595. The molecule has 2 atom stereocenters. The Balaban J connectivity index is 1.39. The largest absolute Gasteiger partial charge is 0.330 e. The standard InChI is InChI=1S/C21H25N5OS/c1-13-2-4-14(5-3-13)17-12-28-21(24-17)16-11-23-26-18(10-19(27)25-20(16)26)15-6-8-22-9-7-15/h2-5,10,12,15-16,20,22-23H,6-9,11H2,1H3,(H,25,27). The fraction of sp³-hybridized carbons (Fsp3) is 0.429. The zero-order chi connectivity index (χ0) is 19.1. The summed E-state index contributed by atoms with van der Waals surface area (Å²) in [5.41, 5.74) is 8.05. The maximum atomic E-state index is 12.4. The Morgan fingerprint density at radius 1 is 1.18 bits per heavy atom. The number of hydrogen-bond donors (Lipinski definition) is 3. The van der Waals surface area contributed by atoms with Gasteiger partial charge in [0.1, 0.15) is 11.2 Å². The molecule has 3 aliphatic heterocycles. The fourth-order valence-electron chi connectivity index (χ4n) is 4.36. The van der Waals surface area contributed by atoms with E-state index in [1.54, 1.807) is 17.4 Å². The molecule has 4 heterocycles. The number of hydrogen-bond acceptors (Lipinski definition) is 6. The Kier molecular flexibility index (Phi) is 4.66. The summed E-state index contributed by atoms with van der Waals surface area (Å²) in [6.07, 6.45) is 3.86. The maximum Gasteiger partial charge on any atom is 0.247 e. The summed E-state index contributed by atoms with van der Waals surface area (Å²) < 4.78 is 0. The highest BCUT2D eigenvalue weighted by atomic mass is 32.1. The van der Waals surface area contributed by atoms with E-state index in [1.165, 1.54) is 5.56 Å². The van der Waals surface area contributed by atoms with Crippen molar-refractivity contribution in [2.24, 2.45) is 5.92 Å². The minimum Gasteiger partial charge on any atom is -0.330 e. The molecule has 2 fully saturated rings. The van der Waals surface area contributed by atoms with Crippen molar-refractivity contribution in [1.82, 2.24) is 26.1 Å². The van der Waals surface area contributed by atoms with Crippen LogP contribution >= 0.6 is 11.3 Å². The lowest BCUT2D eigenvalue weighted by Crippen LogP contribution is -2.53. The number of thiazole rings is 1. The highest BCUT2D eigenvalue weighted by Crippen LogP contribution is 2.37. The number of carbonyl (C=O) groups is 1. The molecule has 28 heavy (non-hydrogen) atoms. The molecular formula is C21H25N5OS. The normalized spacial score (nSPS) is 25.4. The number of carbonyl (C=O) groups excluding carboxylic acids is 1. The van der Waals surface area contributed by atoms with E-state index in [1.807, 2.05) is 0 Å². The minimum absolute atomic E-state index is 0.0128. The molecule has 6 nitrogen and oxygen atoms in total. The van der Waals surface area contributed by atoms with E-state index in [2.05, 4.69) is 57.6 Å². The van der Waals surface area contributed by atoms with Crippen LogP contribution in [-0.4, -0.2) is 41.7 Å². The Labute approximate surface area is 169 Å². The molecule has 2 unspecified atom stereocenters. The van der Waals surface area contributed by atoms with Gasteiger partial charge in [-0.25, -0.2) is 10.4 Å². The number of hydrazine groups is 1. The Bertz CT molecular complexity index is 900. The van der Waals surface area contributed by atoms with Gasteiger partial charge in [-0.15, -0.1) is 11.3 Å². The average Bonchev–Trinajstić information content (AvgIpc) is 3.35. The highest BCUT2D eigenvalue weighted by molar-refractivity contribution is 7.10. The molecular weight excluding hydrogens is 370 g/mol. The van der Waals surface area contributed by atoms with Crippen molar-refractivity contribution in [2.45, 2.75) is 31.8 Å². The smallest absolute Gasteiger partial charge is 0.247 e. The third-order valence-corrected chi connectivity index (χ3v) is 6.91. The van der Waals surface area contributed by atoms with E-state index in [-0.39, 0.29) is 18.0 Å². The van der Waals surface area contributed by atoms with Gasteiger partial charge in [0.05, 0.1) is 11.6 Å². The minimum atomic E-state index is -0.0700. The number of aryl methyl sites for hydroxylation is 1. The second kappa shape index (κ2) is 7.31. The summed E-state index contributed by atoms with van der Waals surface area (Å²) in [6, 6.07) is 8.47. The lowest BCUT2D eigenvalue weighted by molar-refractivity contribution is -0.119. The van der Waals surface area contributed by atoms with Crippen LogP contribution in [0.15, 0.2) is 41.4 Å². The van der Waals surface area contributed by atoms with Crippen LogP contribution in [0.25, 0.3) is 11.3 Å². The van der Waals surface area contributed by atoms with Gasteiger partial charge in [0.15, 0.2) is 0 Å². The molecule has 3 N–H and O–H groups in total. The van der Waals surface area contributed by atoms with Crippen LogP contribution in [0.1, 0.15) is 29.3 Å². The van der Waals surface area contributed by atoms with Crippen LogP contribution < -0.4 is 16.1 Å². The number of allylic oxidation sites excluding steroid dienone is 1. The summed E-state index contributed by atoms with van der Waals surface area (Å²) in [5, 5.41) is 11.9. The van der Waals surface area contributed by atoms with Gasteiger partial charge >= 0.3 is 0 Å². The van der Waals surface area contributed by atoms with Gasteiger partial charge in [-0.05, 0) is 32.9 Å². The first-order valence-electron chi connectivity index (χ1n) is 9.97. The molecule has 2 aromatic rings. The molecule has 0 radical (unpaired) electrons. The van der Waals surface area contributed by atoms with E-state index in [4.69, 9.17) is 4.98 Å². The molecule has 7 heteroatoms. The monoisotopic (exact) mass is 395 g/mol. The van der Waals surface area contributed by atoms with Gasteiger partial charge < -0.3 is 10.6 Å². The molecule has 0 saturated carbocycles. The molecule has 1 amide bonds. The van der Waals surface area contributed by atoms with Gasteiger partial charge in [0.25, 0.3) is 0 Å². The number of rotatable bonds is 3.